The molecule has 29 heavy (non-hydrogen) atoms. The van der Waals surface area contributed by atoms with Crippen molar-refractivity contribution in [2.45, 2.75) is 19.1 Å². The van der Waals surface area contributed by atoms with Crippen LogP contribution in [0.15, 0.2) is 48.5 Å². The first-order valence-electron chi connectivity index (χ1n) is 8.84. The summed E-state index contributed by atoms with van der Waals surface area (Å²) in [4.78, 5) is 19.5. The highest BCUT2D eigenvalue weighted by Crippen LogP contribution is 2.26. The van der Waals surface area contributed by atoms with Crippen molar-refractivity contribution in [3.05, 3.63) is 74.9 Å². The van der Waals surface area contributed by atoms with Gasteiger partial charge in [0.2, 0.25) is 0 Å². The summed E-state index contributed by atoms with van der Waals surface area (Å²) in [5.74, 6) is 1.44. The van der Waals surface area contributed by atoms with Gasteiger partial charge in [0.05, 0.1) is 4.92 Å². The largest absolute Gasteiger partial charge is 0.340 e. The van der Waals surface area contributed by atoms with E-state index in [-0.39, 0.29) is 5.69 Å². The van der Waals surface area contributed by atoms with Gasteiger partial charge in [0.1, 0.15) is 5.82 Å². The maximum Gasteiger partial charge on any atom is 0.269 e. The number of rotatable bonds is 7. The summed E-state index contributed by atoms with van der Waals surface area (Å²) in [6.07, 6.45) is 2.34. The normalized spacial score (nSPS) is 11.8. The molecule has 150 valence electrons. The molecule has 0 saturated heterocycles. The molecule has 0 fully saturated rings. The number of nitrogens with zero attached hydrogens (tertiary/aromatic N) is 3. The Labute approximate surface area is 175 Å². The van der Waals surface area contributed by atoms with Crippen LogP contribution in [0.3, 0.4) is 0 Å². The summed E-state index contributed by atoms with van der Waals surface area (Å²) in [6.45, 7) is 1.99. The molecule has 9 heteroatoms. The lowest BCUT2D eigenvalue weighted by molar-refractivity contribution is -0.384. The predicted octanol–water partition coefficient (Wildman–Crippen LogP) is 4.89. The standard InChI is InChI=1S/C20H19ClN4O3S/c1-3-15-11-19(22-16-6-9-18(21)14(10-16)12-29(2)28)24-20(23-15)13-4-7-17(8-5-13)25(26)27/h4-11H,3,12H2,1-2H3,(H,22,23,24). The number of aryl methyl sites for hydroxylation is 1. The minimum absolute atomic E-state index is 0.0146. The molecule has 0 spiro atoms. The van der Waals surface area contributed by atoms with Crippen molar-refractivity contribution in [1.82, 2.24) is 9.97 Å². The molecule has 1 aromatic heterocycles. The Morgan fingerprint density at radius 1 is 1.14 bits per heavy atom. The molecule has 2 aromatic carbocycles. The van der Waals surface area contributed by atoms with Crippen LogP contribution in [0, 0.1) is 10.1 Å². The second-order valence-corrected chi connectivity index (χ2v) is 8.22. The number of non-ortho nitro benzene ring substituents is 1. The fraction of sp³-hybridized carbons (Fsp3) is 0.200. The third-order valence-electron chi connectivity index (χ3n) is 4.15. The predicted molar refractivity (Wildman–Crippen MR) is 116 cm³/mol. The van der Waals surface area contributed by atoms with Gasteiger partial charge in [-0.05, 0) is 42.3 Å². The number of aromatic nitrogens is 2. The van der Waals surface area contributed by atoms with Gasteiger partial charge in [-0.2, -0.15) is 0 Å². The molecule has 1 unspecified atom stereocenters. The fourth-order valence-corrected chi connectivity index (χ4v) is 3.67. The van der Waals surface area contributed by atoms with Crippen molar-refractivity contribution >= 4 is 39.6 Å². The number of halogens is 1. The topological polar surface area (TPSA) is 98.0 Å². The second kappa shape index (κ2) is 9.11. The van der Waals surface area contributed by atoms with Crippen molar-refractivity contribution in [1.29, 1.82) is 0 Å². The highest BCUT2D eigenvalue weighted by Gasteiger charge is 2.11. The Balaban J connectivity index is 1.93. The summed E-state index contributed by atoms with van der Waals surface area (Å²) in [5, 5.41) is 14.7. The molecule has 0 bridgehead atoms. The number of anilines is 2. The molecular weight excluding hydrogens is 412 g/mol. The Morgan fingerprint density at radius 3 is 2.48 bits per heavy atom. The van der Waals surface area contributed by atoms with E-state index in [1.807, 2.05) is 25.1 Å². The van der Waals surface area contributed by atoms with Crippen LogP contribution < -0.4 is 5.32 Å². The summed E-state index contributed by atoms with van der Waals surface area (Å²) in [7, 11) is -1.01. The van der Waals surface area contributed by atoms with Crippen LogP contribution >= 0.6 is 11.6 Å². The van der Waals surface area contributed by atoms with Crippen molar-refractivity contribution < 1.29 is 9.13 Å². The van der Waals surface area contributed by atoms with E-state index in [2.05, 4.69) is 15.3 Å². The number of nitro benzene ring substituents is 1. The lowest BCUT2D eigenvalue weighted by atomic mass is 10.2. The number of nitrogens with one attached hydrogen (secondary N) is 1. The van der Waals surface area contributed by atoms with Crippen LogP contribution in [0.25, 0.3) is 11.4 Å². The molecule has 0 radical (unpaired) electrons. The average molecular weight is 431 g/mol. The molecule has 3 aromatic rings. The Hall–Kier alpha value is -2.84. The van der Waals surface area contributed by atoms with Crippen LogP contribution in [-0.4, -0.2) is 25.4 Å². The molecule has 1 N–H and O–H groups in total. The molecular formula is C20H19ClN4O3S. The van der Waals surface area contributed by atoms with E-state index in [4.69, 9.17) is 11.6 Å². The number of benzene rings is 2. The van der Waals surface area contributed by atoms with Gasteiger partial charge in [0.15, 0.2) is 5.82 Å². The van der Waals surface area contributed by atoms with Gasteiger partial charge in [-0.3, -0.25) is 14.3 Å². The summed E-state index contributed by atoms with van der Waals surface area (Å²) in [6, 6.07) is 13.4. The molecule has 0 amide bonds. The first kappa shape index (κ1) is 20.9. The van der Waals surface area contributed by atoms with Gasteiger partial charge in [-0.1, -0.05) is 18.5 Å². The van der Waals surface area contributed by atoms with E-state index in [0.29, 0.717) is 34.4 Å². The van der Waals surface area contributed by atoms with Crippen LogP contribution in [0.1, 0.15) is 18.2 Å². The minimum Gasteiger partial charge on any atom is -0.340 e. The fourth-order valence-electron chi connectivity index (χ4n) is 2.73. The van der Waals surface area contributed by atoms with Crippen LogP contribution in [0.2, 0.25) is 5.02 Å². The summed E-state index contributed by atoms with van der Waals surface area (Å²) in [5.41, 5.74) is 3.09. The van der Waals surface area contributed by atoms with Gasteiger partial charge in [0.25, 0.3) is 5.69 Å². The zero-order valence-corrected chi connectivity index (χ0v) is 17.5. The second-order valence-electron chi connectivity index (χ2n) is 6.37. The number of nitro groups is 1. The van der Waals surface area contributed by atoms with Crippen molar-refractivity contribution in [2.24, 2.45) is 0 Å². The van der Waals surface area contributed by atoms with E-state index in [0.717, 1.165) is 16.9 Å². The first-order valence-corrected chi connectivity index (χ1v) is 10.9. The minimum atomic E-state index is -1.01. The van der Waals surface area contributed by atoms with Crippen LogP contribution in [0.4, 0.5) is 17.2 Å². The van der Waals surface area contributed by atoms with E-state index < -0.39 is 15.7 Å². The molecule has 7 nitrogen and oxygen atoms in total. The third-order valence-corrected chi connectivity index (χ3v) is 5.24. The molecule has 0 saturated carbocycles. The molecule has 1 atom stereocenters. The molecule has 3 rings (SSSR count). The lowest BCUT2D eigenvalue weighted by Crippen LogP contribution is -2.02. The Kier molecular flexibility index (Phi) is 6.56. The van der Waals surface area contributed by atoms with Crippen molar-refractivity contribution in [2.75, 3.05) is 11.6 Å². The molecule has 0 aliphatic carbocycles. The third kappa shape index (κ3) is 5.36. The van der Waals surface area contributed by atoms with Crippen LogP contribution in [0.5, 0.6) is 0 Å². The highest BCUT2D eigenvalue weighted by molar-refractivity contribution is 7.83. The van der Waals surface area contributed by atoms with E-state index >= 15 is 0 Å². The smallest absolute Gasteiger partial charge is 0.269 e. The Bertz CT molecular complexity index is 1070. The first-order chi connectivity index (χ1) is 13.9. The summed E-state index contributed by atoms with van der Waals surface area (Å²) < 4.78 is 11.6. The van der Waals surface area contributed by atoms with Crippen molar-refractivity contribution in [3.8, 4) is 11.4 Å². The SMILES string of the molecule is CCc1cc(Nc2ccc(Cl)c(CS(C)=O)c2)nc(-c2ccc([N+](=O)[O-])cc2)n1. The van der Waals surface area contributed by atoms with Crippen molar-refractivity contribution in [3.63, 3.8) is 0 Å². The molecule has 0 aliphatic heterocycles. The molecule has 0 aliphatic rings. The van der Waals surface area contributed by atoms with E-state index in [1.165, 1.54) is 12.1 Å². The maximum atomic E-state index is 11.6. The van der Waals surface area contributed by atoms with E-state index in [9.17, 15) is 14.3 Å². The zero-order chi connectivity index (χ0) is 21.0. The van der Waals surface area contributed by atoms with Gasteiger partial charge < -0.3 is 5.32 Å². The highest BCUT2D eigenvalue weighted by atomic mass is 35.5. The van der Waals surface area contributed by atoms with Gasteiger partial charge >= 0.3 is 0 Å². The summed E-state index contributed by atoms with van der Waals surface area (Å²) >= 11 is 6.20. The van der Waals surface area contributed by atoms with Gasteiger partial charge in [0, 0.05) is 63.0 Å². The quantitative estimate of drug-likeness (QED) is 0.423. The Morgan fingerprint density at radius 2 is 1.86 bits per heavy atom. The lowest BCUT2D eigenvalue weighted by Gasteiger charge is -2.11. The van der Waals surface area contributed by atoms with Crippen LogP contribution in [-0.2, 0) is 23.0 Å². The molecule has 1 heterocycles. The zero-order valence-electron chi connectivity index (χ0n) is 15.9. The van der Waals surface area contributed by atoms with E-state index in [1.54, 1.807) is 24.5 Å². The van der Waals surface area contributed by atoms with Gasteiger partial charge in [-0.25, -0.2) is 9.97 Å². The number of hydrogen-bond acceptors (Lipinski definition) is 6. The maximum absolute atomic E-state index is 11.6. The number of hydrogen-bond donors (Lipinski definition) is 1. The monoisotopic (exact) mass is 430 g/mol. The van der Waals surface area contributed by atoms with Gasteiger partial charge in [-0.15, -0.1) is 0 Å². The average Bonchev–Trinajstić information content (AvgIpc) is 2.70.